The number of carbonyl (C=O) groups is 2. The van der Waals surface area contributed by atoms with Gasteiger partial charge in [0, 0.05) is 18.3 Å². The molecule has 0 fully saturated rings. The van der Waals surface area contributed by atoms with Crippen LogP contribution in [0.4, 0.5) is 11.8 Å². The summed E-state index contributed by atoms with van der Waals surface area (Å²) in [5.74, 6) is 0.650. The SMILES string of the molecule is CCCn1nccc1Nc1nc(C)cc(C(=O)OC)n1.O=CO. The van der Waals surface area contributed by atoms with E-state index in [4.69, 9.17) is 9.90 Å². The van der Waals surface area contributed by atoms with Gasteiger partial charge in [-0.2, -0.15) is 5.10 Å². The molecule has 0 aliphatic rings. The number of carboxylic acid groups (broad SMARTS) is 1. The van der Waals surface area contributed by atoms with Crippen molar-refractivity contribution in [1.82, 2.24) is 19.7 Å². The number of hydrogen-bond donors (Lipinski definition) is 2. The molecular formula is C14H19N5O4. The Bertz CT molecular complexity index is 656. The third kappa shape index (κ3) is 5.38. The summed E-state index contributed by atoms with van der Waals surface area (Å²) in [6, 6.07) is 3.42. The third-order valence-electron chi connectivity index (χ3n) is 2.64. The van der Waals surface area contributed by atoms with Crippen LogP contribution in [0.3, 0.4) is 0 Å². The van der Waals surface area contributed by atoms with Gasteiger partial charge in [-0.05, 0) is 19.4 Å². The molecule has 0 bridgehead atoms. The number of nitrogens with zero attached hydrogens (tertiary/aromatic N) is 4. The van der Waals surface area contributed by atoms with Gasteiger partial charge in [-0.1, -0.05) is 6.92 Å². The zero-order chi connectivity index (χ0) is 17.2. The van der Waals surface area contributed by atoms with Gasteiger partial charge in [0.05, 0.1) is 13.3 Å². The number of carbonyl (C=O) groups excluding carboxylic acids is 1. The van der Waals surface area contributed by atoms with Crippen LogP contribution in [0, 0.1) is 6.92 Å². The zero-order valence-electron chi connectivity index (χ0n) is 13.2. The highest BCUT2D eigenvalue weighted by atomic mass is 16.5. The second kappa shape index (κ2) is 9.13. The average Bonchev–Trinajstić information content (AvgIpc) is 2.94. The van der Waals surface area contributed by atoms with Crippen LogP contribution < -0.4 is 5.32 Å². The molecule has 2 aromatic rings. The second-order valence-electron chi connectivity index (χ2n) is 4.38. The molecule has 124 valence electrons. The number of hydrogen-bond acceptors (Lipinski definition) is 7. The zero-order valence-corrected chi connectivity index (χ0v) is 13.2. The summed E-state index contributed by atoms with van der Waals surface area (Å²) in [4.78, 5) is 28.3. The second-order valence-corrected chi connectivity index (χ2v) is 4.38. The van der Waals surface area contributed by atoms with Crippen LogP contribution in [0.25, 0.3) is 0 Å². The quantitative estimate of drug-likeness (QED) is 0.630. The van der Waals surface area contributed by atoms with Crippen molar-refractivity contribution in [3.05, 3.63) is 29.7 Å². The van der Waals surface area contributed by atoms with E-state index >= 15 is 0 Å². The highest BCUT2D eigenvalue weighted by Crippen LogP contribution is 2.14. The van der Waals surface area contributed by atoms with Crippen molar-refractivity contribution in [2.45, 2.75) is 26.8 Å². The molecule has 2 aromatic heterocycles. The van der Waals surface area contributed by atoms with Crippen molar-refractivity contribution < 1.29 is 19.4 Å². The van der Waals surface area contributed by atoms with E-state index in [-0.39, 0.29) is 12.2 Å². The number of rotatable bonds is 5. The lowest BCUT2D eigenvalue weighted by atomic mass is 10.3. The van der Waals surface area contributed by atoms with E-state index in [0.29, 0.717) is 11.6 Å². The molecule has 0 atom stereocenters. The van der Waals surface area contributed by atoms with Gasteiger partial charge in [0.2, 0.25) is 5.95 Å². The third-order valence-corrected chi connectivity index (χ3v) is 2.64. The Morgan fingerprint density at radius 1 is 1.48 bits per heavy atom. The predicted octanol–water partition coefficient (Wildman–Crippen LogP) is 1.62. The van der Waals surface area contributed by atoms with Crippen LogP contribution in [0.15, 0.2) is 18.3 Å². The Labute approximate surface area is 133 Å². The van der Waals surface area contributed by atoms with Gasteiger partial charge >= 0.3 is 5.97 Å². The van der Waals surface area contributed by atoms with Crippen molar-refractivity contribution in [2.24, 2.45) is 0 Å². The number of nitrogens with one attached hydrogen (secondary N) is 1. The Morgan fingerprint density at radius 3 is 2.78 bits per heavy atom. The van der Waals surface area contributed by atoms with Crippen LogP contribution in [0.2, 0.25) is 0 Å². The van der Waals surface area contributed by atoms with Crippen molar-refractivity contribution in [3.8, 4) is 0 Å². The summed E-state index contributed by atoms with van der Waals surface area (Å²) in [6.45, 7) is 4.41. The summed E-state index contributed by atoms with van der Waals surface area (Å²) < 4.78 is 6.49. The Morgan fingerprint density at radius 2 is 2.17 bits per heavy atom. The first-order valence-electron chi connectivity index (χ1n) is 6.86. The molecule has 0 amide bonds. The highest BCUT2D eigenvalue weighted by Gasteiger charge is 2.11. The molecule has 0 radical (unpaired) electrons. The summed E-state index contributed by atoms with van der Waals surface area (Å²) in [6.07, 6.45) is 2.67. The minimum atomic E-state index is -0.486. The molecule has 0 saturated carbocycles. The maximum atomic E-state index is 11.5. The van der Waals surface area contributed by atoms with Gasteiger partial charge in [-0.25, -0.2) is 19.4 Å². The van der Waals surface area contributed by atoms with Gasteiger partial charge in [0.25, 0.3) is 6.47 Å². The maximum absolute atomic E-state index is 11.5. The minimum absolute atomic E-state index is 0.226. The largest absolute Gasteiger partial charge is 0.483 e. The van der Waals surface area contributed by atoms with E-state index in [2.05, 4.69) is 32.0 Å². The number of methoxy groups -OCH3 is 1. The first-order valence-corrected chi connectivity index (χ1v) is 6.86. The molecule has 0 aromatic carbocycles. The molecule has 0 spiro atoms. The average molecular weight is 321 g/mol. The predicted molar refractivity (Wildman–Crippen MR) is 82.6 cm³/mol. The molecular weight excluding hydrogens is 302 g/mol. The molecule has 9 nitrogen and oxygen atoms in total. The minimum Gasteiger partial charge on any atom is -0.483 e. The van der Waals surface area contributed by atoms with Crippen LogP contribution >= 0.6 is 0 Å². The fraction of sp³-hybridized carbons (Fsp3) is 0.357. The molecule has 2 heterocycles. The highest BCUT2D eigenvalue weighted by molar-refractivity contribution is 5.87. The molecule has 0 unspecified atom stereocenters. The van der Waals surface area contributed by atoms with Gasteiger partial charge < -0.3 is 15.2 Å². The van der Waals surface area contributed by atoms with E-state index in [1.165, 1.54) is 7.11 Å². The van der Waals surface area contributed by atoms with Crippen molar-refractivity contribution in [2.75, 3.05) is 12.4 Å². The smallest absolute Gasteiger partial charge is 0.356 e. The molecule has 0 aliphatic heterocycles. The lowest BCUT2D eigenvalue weighted by Gasteiger charge is -2.09. The lowest BCUT2D eigenvalue weighted by Crippen LogP contribution is -2.10. The van der Waals surface area contributed by atoms with Gasteiger partial charge in [0.1, 0.15) is 5.82 Å². The van der Waals surface area contributed by atoms with Gasteiger partial charge in [-0.3, -0.25) is 4.79 Å². The Kier molecular flexibility index (Phi) is 7.18. The number of ether oxygens (including phenoxy) is 1. The molecule has 0 aliphatic carbocycles. The van der Waals surface area contributed by atoms with Crippen LogP contribution in [-0.4, -0.2) is 44.4 Å². The monoisotopic (exact) mass is 321 g/mol. The van der Waals surface area contributed by atoms with Crippen molar-refractivity contribution >= 4 is 24.2 Å². The molecule has 2 N–H and O–H groups in total. The van der Waals surface area contributed by atoms with Gasteiger partial charge in [0.15, 0.2) is 5.69 Å². The topological polar surface area (TPSA) is 119 Å². The molecule has 0 saturated heterocycles. The van der Waals surface area contributed by atoms with E-state index in [1.807, 2.05) is 10.7 Å². The van der Waals surface area contributed by atoms with Crippen LogP contribution in [-0.2, 0) is 16.1 Å². The van der Waals surface area contributed by atoms with E-state index in [9.17, 15) is 4.79 Å². The number of aromatic nitrogens is 4. The number of aryl methyl sites for hydroxylation is 2. The first-order chi connectivity index (χ1) is 11.0. The lowest BCUT2D eigenvalue weighted by molar-refractivity contribution is -0.122. The van der Waals surface area contributed by atoms with E-state index in [1.54, 1.807) is 19.2 Å². The van der Waals surface area contributed by atoms with E-state index < -0.39 is 5.97 Å². The van der Waals surface area contributed by atoms with Crippen molar-refractivity contribution in [1.29, 1.82) is 0 Å². The molecule has 2 rings (SSSR count). The Balaban J connectivity index is 0.000000816. The fourth-order valence-corrected chi connectivity index (χ4v) is 1.78. The standard InChI is InChI=1S/C13H17N5O2.CH2O2/c1-4-7-18-11(5-6-14-18)17-13-15-9(2)8-10(16-13)12(19)20-3;2-1-3/h5-6,8H,4,7H2,1-3H3,(H,15,16,17);1H,(H,2,3). The normalized spacial score (nSPS) is 9.52. The first kappa shape index (κ1) is 18.1. The Hall–Kier alpha value is -2.97. The summed E-state index contributed by atoms with van der Waals surface area (Å²) >= 11 is 0. The number of esters is 1. The summed E-state index contributed by atoms with van der Waals surface area (Å²) in [5.41, 5.74) is 0.911. The summed E-state index contributed by atoms with van der Waals surface area (Å²) in [5, 5.41) is 14.2. The summed E-state index contributed by atoms with van der Waals surface area (Å²) in [7, 11) is 1.32. The van der Waals surface area contributed by atoms with Crippen molar-refractivity contribution in [3.63, 3.8) is 0 Å². The van der Waals surface area contributed by atoms with Crippen LogP contribution in [0.5, 0.6) is 0 Å². The van der Waals surface area contributed by atoms with E-state index in [0.717, 1.165) is 18.8 Å². The molecule has 9 heteroatoms. The van der Waals surface area contributed by atoms with Crippen LogP contribution in [0.1, 0.15) is 29.5 Å². The fourth-order valence-electron chi connectivity index (χ4n) is 1.78. The number of anilines is 2. The molecule has 23 heavy (non-hydrogen) atoms. The van der Waals surface area contributed by atoms with Gasteiger partial charge in [-0.15, -0.1) is 0 Å². The maximum Gasteiger partial charge on any atom is 0.356 e.